The van der Waals surface area contributed by atoms with Crippen molar-refractivity contribution in [3.05, 3.63) is 29.8 Å². The lowest BCUT2D eigenvalue weighted by Crippen LogP contribution is -2.01. The summed E-state index contributed by atoms with van der Waals surface area (Å²) in [5.41, 5.74) is 1.35. The lowest BCUT2D eigenvalue weighted by Gasteiger charge is -2.17. The van der Waals surface area contributed by atoms with Crippen molar-refractivity contribution in [1.82, 2.24) is 0 Å². The normalized spacial score (nSPS) is 13.1. The Morgan fingerprint density at radius 3 is 2.14 bits per heavy atom. The summed E-state index contributed by atoms with van der Waals surface area (Å²) in [6.45, 7) is 6.73. The van der Waals surface area contributed by atoms with Gasteiger partial charge in [0.1, 0.15) is 5.75 Å². The summed E-state index contributed by atoms with van der Waals surface area (Å²) in [6.07, 6.45) is 2.39. The molecule has 0 bridgehead atoms. The summed E-state index contributed by atoms with van der Waals surface area (Å²) in [4.78, 5) is 0. The monoisotopic (exact) mass is 192 g/mol. The Kier molecular flexibility index (Phi) is 3.99. The molecule has 0 fully saturated rings. The van der Waals surface area contributed by atoms with E-state index in [0.29, 0.717) is 11.7 Å². The van der Waals surface area contributed by atoms with Crippen LogP contribution >= 0.6 is 0 Å². The largest absolute Gasteiger partial charge is 0.508 e. The van der Waals surface area contributed by atoms with E-state index in [4.69, 9.17) is 0 Å². The van der Waals surface area contributed by atoms with Crippen molar-refractivity contribution in [3.63, 3.8) is 0 Å². The maximum absolute atomic E-state index is 9.19. The van der Waals surface area contributed by atoms with Crippen molar-refractivity contribution in [2.75, 3.05) is 0 Å². The molecular weight excluding hydrogens is 172 g/mol. The van der Waals surface area contributed by atoms with Crippen molar-refractivity contribution >= 4 is 0 Å². The van der Waals surface area contributed by atoms with Gasteiger partial charge < -0.3 is 5.11 Å². The van der Waals surface area contributed by atoms with Crippen LogP contribution in [0.1, 0.15) is 45.1 Å². The predicted molar refractivity (Wildman–Crippen MR) is 60.6 cm³/mol. The smallest absolute Gasteiger partial charge is 0.115 e. The van der Waals surface area contributed by atoms with Gasteiger partial charge in [0.2, 0.25) is 0 Å². The Morgan fingerprint density at radius 1 is 1.14 bits per heavy atom. The van der Waals surface area contributed by atoms with Gasteiger partial charge in [-0.3, -0.25) is 0 Å². The molecule has 0 aromatic heterocycles. The second-order valence-electron chi connectivity index (χ2n) is 4.33. The Balaban J connectivity index is 2.73. The second-order valence-corrected chi connectivity index (χ2v) is 4.33. The van der Waals surface area contributed by atoms with E-state index in [9.17, 15) is 5.11 Å². The van der Waals surface area contributed by atoms with E-state index in [2.05, 4.69) is 20.8 Å². The Morgan fingerprint density at radius 2 is 1.71 bits per heavy atom. The van der Waals surface area contributed by atoms with Gasteiger partial charge in [-0.2, -0.15) is 0 Å². The molecule has 0 amide bonds. The van der Waals surface area contributed by atoms with E-state index in [1.54, 1.807) is 12.1 Å². The highest BCUT2D eigenvalue weighted by molar-refractivity contribution is 5.28. The highest BCUT2D eigenvalue weighted by atomic mass is 16.3. The average Bonchev–Trinajstić information content (AvgIpc) is 2.15. The SMILES string of the molecule is CCC(CC(C)C)c1ccc(O)cc1. The van der Waals surface area contributed by atoms with Crippen LogP contribution in [-0.4, -0.2) is 5.11 Å². The molecule has 1 rings (SSSR count). The van der Waals surface area contributed by atoms with Gasteiger partial charge in [-0.1, -0.05) is 32.9 Å². The average molecular weight is 192 g/mol. The van der Waals surface area contributed by atoms with E-state index in [0.717, 1.165) is 5.92 Å². The zero-order chi connectivity index (χ0) is 10.6. The van der Waals surface area contributed by atoms with Crippen LogP contribution in [0.25, 0.3) is 0 Å². The first-order valence-electron chi connectivity index (χ1n) is 5.42. The number of phenols is 1. The van der Waals surface area contributed by atoms with Gasteiger partial charge in [0.15, 0.2) is 0 Å². The molecule has 0 aliphatic rings. The van der Waals surface area contributed by atoms with Gasteiger partial charge in [-0.05, 0) is 42.4 Å². The fourth-order valence-electron chi connectivity index (χ4n) is 1.85. The van der Waals surface area contributed by atoms with Crippen molar-refractivity contribution in [2.24, 2.45) is 5.92 Å². The molecule has 14 heavy (non-hydrogen) atoms. The molecule has 1 aromatic carbocycles. The molecule has 0 radical (unpaired) electrons. The first-order valence-corrected chi connectivity index (χ1v) is 5.42. The molecule has 0 aliphatic heterocycles. The molecule has 1 atom stereocenters. The van der Waals surface area contributed by atoms with E-state index >= 15 is 0 Å². The molecule has 1 heteroatoms. The maximum Gasteiger partial charge on any atom is 0.115 e. The van der Waals surface area contributed by atoms with Gasteiger partial charge in [0.25, 0.3) is 0 Å². The summed E-state index contributed by atoms with van der Waals surface area (Å²) < 4.78 is 0. The van der Waals surface area contributed by atoms with Crippen molar-refractivity contribution in [2.45, 2.75) is 39.5 Å². The predicted octanol–water partition coefficient (Wildman–Crippen LogP) is 3.93. The molecule has 0 saturated carbocycles. The summed E-state index contributed by atoms with van der Waals surface area (Å²) in [5, 5.41) is 9.19. The molecule has 0 spiro atoms. The molecule has 1 unspecified atom stereocenters. The summed E-state index contributed by atoms with van der Waals surface area (Å²) in [5.74, 6) is 1.72. The van der Waals surface area contributed by atoms with Crippen LogP contribution in [0.2, 0.25) is 0 Å². The topological polar surface area (TPSA) is 20.2 Å². The van der Waals surface area contributed by atoms with Crippen molar-refractivity contribution in [3.8, 4) is 5.75 Å². The molecule has 78 valence electrons. The number of phenolic OH excluding ortho intramolecular Hbond substituents is 1. The minimum absolute atomic E-state index is 0.355. The minimum Gasteiger partial charge on any atom is -0.508 e. The van der Waals surface area contributed by atoms with Crippen molar-refractivity contribution in [1.29, 1.82) is 0 Å². The van der Waals surface area contributed by atoms with Gasteiger partial charge >= 0.3 is 0 Å². The highest BCUT2D eigenvalue weighted by Gasteiger charge is 2.10. The van der Waals surface area contributed by atoms with Gasteiger partial charge in [-0.15, -0.1) is 0 Å². The number of rotatable bonds is 4. The fraction of sp³-hybridized carbons (Fsp3) is 0.538. The van der Waals surface area contributed by atoms with Crippen LogP contribution in [0.3, 0.4) is 0 Å². The second kappa shape index (κ2) is 5.04. The lowest BCUT2D eigenvalue weighted by molar-refractivity contribution is 0.471. The maximum atomic E-state index is 9.19. The lowest BCUT2D eigenvalue weighted by atomic mass is 9.88. The van der Waals surface area contributed by atoms with Crippen LogP contribution in [0.4, 0.5) is 0 Å². The third-order valence-corrected chi connectivity index (χ3v) is 2.61. The van der Waals surface area contributed by atoms with Gasteiger partial charge in [0, 0.05) is 0 Å². The van der Waals surface area contributed by atoms with E-state index in [1.165, 1.54) is 18.4 Å². The molecular formula is C13H20O. The summed E-state index contributed by atoms with van der Waals surface area (Å²) >= 11 is 0. The molecule has 0 heterocycles. The number of hydrogen-bond donors (Lipinski definition) is 1. The van der Waals surface area contributed by atoms with E-state index in [1.807, 2.05) is 12.1 Å². The third-order valence-electron chi connectivity index (χ3n) is 2.61. The van der Waals surface area contributed by atoms with Crippen LogP contribution < -0.4 is 0 Å². The van der Waals surface area contributed by atoms with Crippen LogP contribution in [0, 0.1) is 5.92 Å². The number of benzene rings is 1. The highest BCUT2D eigenvalue weighted by Crippen LogP contribution is 2.27. The molecule has 1 aromatic rings. The summed E-state index contributed by atoms with van der Waals surface area (Å²) in [7, 11) is 0. The van der Waals surface area contributed by atoms with Crippen LogP contribution in [-0.2, 0) is 0 Å². The quantitative estimate of drug-likeness (QED) is 0.766. The van der Waals surface area contributed by atoms with E-state index < -0.39 is 0 Å². The molecule has 1 N–H and O–H groups in total. The van der Waals surface area contributed by atoms with Crippen molar-refractivity contribution < 1.29 is 5.11 Å². The Hall–Kier alpha value is -0.980. The zero-order valence-corrected chi connectivity index (χ0v) is 9.33. The minimum atomic E-state index is 0.355. The molecule has 0 aliphatic carbocycles. The zero-order valence-electron chi connectivity index (χ0n) is 9.33. The first kappa shape index (κ1) is 11.1. The summed E-state index contributed by atoms with van der Waals surface area (Å²) in [6, 6.07) is 7.62. The Labute approximate surface area is 86.8 Å². The van der Waals surface area contributed by atoms with Gasteiger partial charge in [0.05, 0.1) is 0 Å². The van der Waals surface area contributed by atoms with E-state index in [-0.39, 0.29) is 0 Å². The van der Waals surface area contributed by atoms with Crippen LogP contribution in [0.5, 0.6) is 5.75 Å². The van der Waals surface area contributed by atoms with Gasteiger partial charge in [-0.25, -0.2) is 0 Å². The number of aromatic hydroxyl groups is 1. The van der Waals surface area contributed by atoms with Crippen LogP contribution in [0.15, 0.2) is 24.3 Å². The number of hydrogen-bond acceptors (Lipinski definition) is 1. The Bertz CT molecular complexity index is 261. The standard InChI is InChI=1S/C13H20O/c1-4-11(9-10(2)3)12-5-7-13(14)8-6-12/h5-8,10-11,14H,4,9H2,1-3H3. The fourth-order valence-corrected chi connectivity index (χ4v) is 1.85. The molecule has 0 saturated heterocycles. The first-order chi connectivity index (χ1) is 6.63. The third kappa shape index (κ3) is 3.06. The molecule has 1 nitrogen and oxygen atoms in total.